The van der Waals surface area contributed by atoms with Gasteiger partial charge in [-0.15, -0.1) is 0 Å². The highest BCUT2D eigenvalue weighted by molar-refractivity contribution is 7.98. The van der Waals surface area contributed by atoms with Gasteiger partial charge in [0, 0.05) is 25.4 Å². The Labute approximate surface area is 97.8 Å². The smallest absolute Gasteiger partial charge is 0.183 e. The molecule has 2 rings (SSSR count). The molecule has 0 aliphatic rings. The second-order valence-corrected chi connectivity index (χ2v) is 4.33. The molecule has 86 valence electrons. The summed E-state index contributed by atoms with van der Waals surface area (Å²) in [6, 6.07) is 0. The summed E-state index contributed by atoms with van der Waals surface area (Å²) < 4.78 is 1.85. The lowest BCUT2D eigenvalue weighted by Crippen LogP contribution is -2.00. The summed E-state index contributed by atoms with van der Waals surface area (Å²) in [7, 11) is 3.83. The molecule has 0 atom stereocenters. The van der Waals surface area contributed by atoms with Crippen LogP contribution in [0.5, 0.6) is 0 Å². The SMILES string of the molecule is CNc1c(CSc2ncn[nH]2)c(C)nn1C. The molecule has 2 aromatic heterocycles. The van der Waals surface area contributed by atoms with Gasteiger partial charge in [-0.25, -0.2) is 4.98 Å². The van der Waals surface area contributed by atoms with Crippen molar-refractivity contribution in [3.05, 3.63) is 17.6 Å². The van der Waals surface area contributed by atoms with Gasteiger partial charge >= 0.3 is 0 Å². The molecule has 0 fully saturated rings. The molecule has 0 amide bonds. The molecule has 0 radical (unpaired) electrons. The molecular weight excluding hydrogens is 224 g/mol. The van der Waals surface area contributed by atoms with Crippen LogP contribution in [0.3, 0.4) is 0 Å². The van der Waals surface area contributed by atoms with Gasteiger partial charge in [0.15, 0.2) is 5.16 Å². The number of nitrogens with one attached hydrogen (secondary N) is 2. The number of hydrogen-bond donors (Lipinski definition) is 2. The molecule has 16 heavy (non-hydrogen) atoms. The number of aromatic amines is 1. The number of anilines is 1. The molecule has 0 aromatic carbocycles. The van der Waals surface area contributed by atoms with Gasteiger partial charge in [-0.3, -0.25) is 9.78 Å². The molecule has 0 aliphatic heterocycles. The number of rotatable bonds is 4. The van der Waals surface area contributed by atoms with E-state index < -0.39 is 0 Å². The van der Waals surface area contributed by atoms with E-state index in [0.717, 1.165) is 22.4 Å². The molecular formula is C9H14N6S. The molecule has 7 heteroatoms. The van der Waals surface area contributed by atoms with E-state index in [4.69, 9.17) is 0 Å². The Morgan fingerprint density at radius 2 is 2.38 bits per heavy atom. The first-order chi connectivity index (χ1) is 7.72. The first kappa shape index (κ1) is 11.0. The average molecular weight is 238 g/mol. The van der Waals surface area contributed by atoms with E-state index in [1.54, 1.807) is 11.8 Å². The summed E-state index contributed by atoms with van der Waals surface area (Å²) in [6.07, 6.45) is 1.51. The number of H-pyrrole nitrogens is 1. The maximum Gasteiger partial charge on any atom is 0.183 e. The summed E-state index contributed by atoms with van der Waals surface area (Å²) in [5.41, 5.74) is 2.24. The quantitative estimate of drug-likeness (QED) is 0.783. The first-order valence-corrected chi connectivity index (χ1v) is 5.89. The van der Waals surface area contributed by atoms with Crippen molar-refractivity contribution in [2.45, 2.75) is 17.8 Å². The minimum absolute atomic E-state index is 0.824. The van der Waals surface area contributed by atoms with Gasteiger partial charge in [0.2, 0.25) is 0 Å². The maximum absolute atomic E-state index is 4.38. The van der Waals surface area contributed by atoms with Crippen molar-refractivity contribution in [3.8, 4) is 0 Å². The average Bonchev–Trinajstić information content (AvgIpc) is 2.83. The van der Waals surface area contributed by atoms with Gasteiger partial charge in [-0.05, 0) is 6.92 Å². The maximum atomic E-state index is 4.38. The van der Waals surface area contributed by atoms with Gasteiger partial charge in [0.1, 0.15) is 12.1 Å². The molecule has 6 nitrogen and oxygen atoms in total. The highest BCUT2D eigenvalue weighted by atomic mass is 32.2. The lowest BCUT2D eigenvalue weighted by atomic mass is 10.3. The van der Waals surface area contributed by atoms with Crippen LogP contribution in [0.4, 0.5) is 5.82 Å². The van der Waals surface area contributed by atoms with Crippen molar-refractivity contribution in [1.82, 2.24) is 25.0 Å². The van der Waals surface area contributed by atoms with Crippen LogP contribution in [-0.4, -0.2) is 32.0 Å². The molecule has 2 heterocycles. The zero-order chi connectivity index (χ0) is 11.5. The summed E-state index contributed by atoms with van der Waals surface area (Å²) in [6.45, 7) is 2.01. The number of hydrogen-bond acceptors (Lipinski definition) is 5. The molecule has 2 N–H and O–H groups in total. The zero-order valence-electron chi connectivity index (χ0n) is 9.48. The number of thioether (sulfide) groups is 1. The van der Waals surface area contributed by atoms with E-state index >= 15 is 0 Å². The van der Waals surface area contributed by atoms with E-state index in [1.165, 1.54) is 11.9 Å². The van der Waals surface area contributed by atoms with Crippen LogP contribution < -0.4 is 5.32 Å². The van der Waals surface area contributed by atoms with Crippen LogP contribution in [0.1, 0.15) is 11.3 Å². The topological polar surface area (TPSA) is 71.4 Å². The van der Waals surface area contributed by atoms with Crippen LogP contribution in [0, 0.1) is 6.92 Å². The van der Waals surface area contributed by atoms with Gasteiger partial charge < -0.3 is 5.32 Å². The lowest BCUT2D eigenvalue weighted by molar-refractivity contribution is 0.763. The normalized spacial score (nSPS) is 10.7. The fourth-order valence-corrected chi connectivity index (χ4v) is 2.46. The number of aryl methyl sites for hydroxylation is 2. The third-order valence-corrected chi connectivity index (χ3v) is 3.23. The fourth-order valence-electron chi connectivity index (χ4n) is 1.59. The number of nitrogens with zero attached hydrogens (tertiary/aromatic N) is 4. The van der Waals surface area contributed by atoms with Gasteiger partial charge in [0.25, 0.3) is 0 Å². The van der Waals surface area contributed by atoms with E-state index in [0.29, 0.717) is 0 Å². The Kier molecular flexibility index (Phi) is 3.14. The van der Waals surface area contributed by atoms with Crippen LogP contribution in [0.25, 0.3) is 0 Å². The van der Waals surface area contributed by atoms with Crippen LogP contribution in [0.2, 0.25) is 0 Å². The Hall–Kier alpha value is -1.50. The van der Waals surface area contributed by atoms with E-state index in [9.17, 15) is 0 Å². The van der Waals surface area contributed by atoms with Crippen LogP contribution >= 0.6 is 11.8 Å². The monoisotopic (exact) mass is 238 g/mol. The predicted octanol–water partition coefficient (Wildman–Crippen LogP) is 1.18. The third kappa shape index (κ3) is 2.04. The van der Waals surface area contributed by atoms with Gasteiger partial charge in [-0.1, -0.05) is 11.8 Å². The molecule has 0 aliphatic carbocycles. The molecule has 0 spiro atoms. The van der Waals surface area contributed by atoms with Crippen molar-refractivity contribution in [1.29, 1.82) is 0 Å². The second kappa shape index (κ2) is 4.56. The van der Waals surface area contributed by atoms with Crippen molar-refractivity contribution < 1.29 is 0 Å². The minimum atomic E-state index is 0.824. The standard InChI is InChI=1S/C9H14N6S/c1-6-7(8(10-2)15(3)14-6)4-16-9-11-5-12-13-9/h5,10H,4H2,1-3H3,(H,11,12,13). The highest BCUT2D eigenvalue weighted by Crippen LogP contribution is 2.26. The van der Waals surface area contributed by atoms with Crippen molar-refractivity contribution in [2.24, 2.45) is 7.05 Å². The largest absolute Gasteiger partial charge is 0.373 e. The minimum Gasteiger partial charge on any atom is -0.373 e. The molecule has 0 saturated heterocycles. The zero-order valence-corrected chi connectivity index (χ0v) is 10.3. The summed E-state index contributed by atoms with van der Waals surface area (Å²) in [5.74, 6) is 1.87. The lowest BCUT2D eigenvalue weighted by Gasteiger charge is -2.04. The highest BCUT2D eigenvalue weighted by Gasteiger charge is 2.12. The summed E-state index contributed by atoms with van der Waals surface area (Å²) in [5, 5.41) is 15.0. The van der Waals surface area contributed by atoms with E-state index in [1.807, 2.05) is 25.7 Å². The Morgan fingerprint density at radius 1 is 1.56 bits per heavy atom. The fraction of sp³-hybridized carbons (Fsp3) is 0.444. The van der Waals surface area contributed by atoms with Gasteiger partial charge in [0.05, 0.1) is 5.69 Å². The molecule has 0 bridgehead atoms. The van der Waals surface area contributed by atoms with Crippen molar-refractivity contribution in [3.63, 3.8) is 0 Å². The number of aromatic nitrogens is 5. The molecule has 0 unspecified atom stereocenters. The van der Waals surface area contributed by atoms with Gasteiger partial charge in [-0.2, -0.15) is 10.2 Å². The third-order valence-electron chi connectivity index (χ3n) is 2.33. The molecule has 0 saturated carbocycles. The van der Waals surface area contributed by atoms with Crippen LogP contribution in [0.15, 0.2) is 11.5 Å². The Balaban J connectivity index is 2.14. The van der Waals surface area contributed by atoms with E-state index in [-0.39, 0.29) is 0 Å². The van der Waals surface area contributed by atoms with Crippen molar-refractivity contribution >= 4 is 17.6 Å². The molecule has 2 aromatic rings. The van der Waals surface area contributed by atoms with Crippen LogP contribution in [-0.2, 0) is 12.8 Å². The Morgan fingerprint density at radius 3 is 3.00 bits per heavy atom. The summed E-state index contributed by atoms with van der Waals surface area (Å²) in [4.78, 5) is 4.07. The Bertz CT molecular complexity index is 461. The van der Waals surface area contributed by atoms with E-state index in [2.05, 4.69) is 25.6 Å². The summed E-state index contributed by atoms with van der Waals surface area (Å²) >= 11 is 1.61. The predicted molar refractivity (Wildman–Crippen MR) is 63.4 cm³/mol. The van der Waals surface area contributed by atoms with Crippen molar-refractivity contribution in [2.75, 3.05) is 12.4 Å². The first-order valence-electron chi connectivity index (χ1n) is 4.90. The second-order valence-electron chi connectivity index (χ2n) is 3.37.